The van der Waals surface area contributed by atoms with Gasteiger partial charge in [0.2, 0.25) is 0 Å². The Morgan fingerprint density at radius 3 is 1.55 bits per heavy atom. The van der Waals surface area contributed by atoms with Gasteiger partial charge in [-0.2, -0.15) is 0 Å². The molecule has 0 N–H and O–H groups in total. The van der Waals surface area contributed by atoms with E-state index in [4.69, 9.17) is 18.5 Å². The smallest absolute Gasteiger partial charge is 0.306 e. The van der Waals surface area contributed by atoms with E-state index >= 15 is 0 Å². The molecule has 0 aromatic carbocycles. The number of unbranched alkanes of at least 4 members (excludes halogenated alkanes) is 15. The predicted molar refractivity (Wildman–Crippen MR) is 231 cm³/mol. The first-order valence-electron chi connectivity index (χ1n) is 22.0. The van der Waals surface area contributed by atoms with Crippen LogP contribution in [0.3, 0.4) is 0 Å². The summed E-state index contributed by atoms with van der Waals surface area (Å²) in [6.07, 6.45) is 45.3. The van der Waals surface area contributed by atoms with E-state index in [2.05, 4.69) is 74.6 Å². The van der Waals surface area contributed by atoms with Crippen LogP contribution in [0.4, 0.5) is 0 Å². The molecule has 10 heteroatoms. The first kappa shape index (κ1) is 53.7. The zero-order chi connectivity index (χ0) is 41.4. The largest absolute Gasteiger partial charge is 0.756 e. The van der Waals surface area contributed by atoms with E-state index in [9.17, 15) is 19.0 Å². The molecule has 0 saturated heterocycles. The number of quaternary nitrogens is 1. The van der Waals surface area contributed by atoms with Crippen molar-refractivity contribution in [2.75, 3.05) is 47.5 Å². The van der Waals surface area contributed by atoms with Crippen molar-refractivity contribution < 1.29 is 42.1 Å². The molecule has 1 unspecified atom stereocenters. The van der Waals surface area contributed by atoms with Gasteiger partial charge < -0.3 is 27.9 Å². The number of carbonyl (C=O) groups is 2. The number of phosphoric acid groups is 1. The van der Waals surface area contributed by atoms with Crippen molar-refractivity contribution in [3.8, 4) is 0 Å². The van der Waals surface area contributed by atoms with Gasteiger partial charge in [-0.1, -0.05) is 139 Å². The summed E-state index contributed by atoms with van der Waals surface area (Å²) in [5.74, 6) is -0.900. The number of hydrogen-bond donors (Lipinski definition) is 0. The zero-order valence-electron chi connectivity index (χ0n) is 36.3. The van der Waals surface area contributed by atoms with Crippen molar-refractivity contribution >= 4 is 19.8 Å². The second kappa shape index (κ2) is 38.2. The van der Waals surface area contributed by atoms with E-state index in [1.54, 1.807) is 0 Å². The van der Waals surface area contributed by atoms with Crippen molar-refractivity contribution in [2.45, 2.75) is 174 Å². The first-order valence-corrected chi connectivity index (χ1v) is 23.5. The van der Waals surface area contributed by atoms with Crippen LogP contribution in [0.15, 0.2) is 60.8 Å². The van der Waals surface area contributed by atoms with Gasteiger partial charge in [0.25, 0.3) is 7.82 Å². The van der Waals surface area contributed by atoms with Crippen LogP contribution in [0.2, 0.25) is 0 Å². The van der Waals surface area contributed by atoms with Crippen LogP contribution < -0.4 is 4.89 Å². The normalized spacial score (nSPS) is 14.2. The van der Waals surface area contributed by atoms with Gasteiger partial charge in [-0.15, -0.1) is 0 Å². The van der Waals surface area contributed by atoms with E-state index < -0.39 is 32.5 Å². The lowest BCUT2D eigenvalue weighted by molar-refractivity contribution is -0.870. The van der Waals surface area contributed by atoms with Gasteiger partial charge in [0.05, 0.1) is 27.7 Å². The molecule has 0 heterocycles. The SMILES string of the molecule is CCC/C=C/C/C=C/C/C=C/C/C=C/CCCCCC(=O)O[C@H](COC(=O)CCCC/C=C/CCCCCCCCCCC)COP(=O)([O-])OCC[N+](C)(C)C. The Hall–Kier alpha value is -2.29. The molecule has 0 aliphatic rings. The van der Waals surface area contributed by atoms with Gasteiger partial charge in [0, 0.05) is 12.8 Å². The second-order valence-electron chi connectivity index (χ2n) is 15.7. The number of carbonyl (C=O) groups excluding carboxylic acids is 2. The van der Waals surface area contributed by atoms with Crippen molar-refractivity contribution in [3.05, 3.63) is 60.8 Å². The molecule has 56 heavy (non-hydrogen) atoms. The molecule has 0 aromatic heterocycles. The fraction of sp³-hybridized carbons (Fsp3) is 0.739. The molecule has 0 bridgehead atoms. The number of likely N-dealkylation sites (N-methyl/N-ethyl adjacent to an activating group) is 1. The van der Waals surface area contributed by atoms with Crippen molar-refractivity contribution in [3.63, 3.8) is 0 Å². The summed E-state index contributed by atoms with van der Waals surface area (Å²) in [4.78, 5) is 37.5. The van der Waals surface area contributed by atoms with E-state index in [-0.39, 0.29) is 26.1 Å². The lowest BCUT2D eigenvalue weighted by Crippen LogP contribution is -2.37. The number of nitrogens with zero attached hydrogens (tertiary/aromatic N) is 1. The highest BCUT2D eigenvalue weighted by Crippen LogP contribution is 2.38. The molecule has 0 amide bonds. The Morgan fingerprint density at radius 1 is 0.554 bits per heavy atom. The maximum atomic E-state index is 12.7. The number of allylic oxidation sites excluding steroid dienone is 10. The molecule has 0 saturated carbocycles. The minimum absolute atomic E-state index is 0.0425. The van der Waals surface area contributed by atoms with Gasteiger partial charge in [0.1, 0.15) is 19.8 Å². The highest BCUT2D eigenvalue weighted by Gasteiger charge is 2.21. The Morgan fingerprint density at radius 2 is 1.00 bits per heavy atom. The topological polar surface area (TPSA) is 111 Å². The third-order valence-electron chi connectivity index (χ3n) is 8.99. The number of esters is 2. The van der Waals surface area contributed by atoms with E-state index in [1.807, 2.05) is 21.1 Å². The number of hydrogen-bond acceptors (Lipinski definition) is 8. The molecule has 0 aliphatic heterocycles. The summed E-state index contributed by atoms with van der Waals surface area (Å²) in [7, 11) is 1.13. The standard InChI is InChI=1S/C46H82NO8P/c1-6-8-10-12-14-16-18-20-22-23-25-27-29-31-33-35-37-39-46(49)55-44(43-54-56(50,51)53-41-40-47(3,4)5)42-52-45(48)38-36-34-32-30-28-26-24-21-19-17-15-13-11-9-7-2/h10,12,16,18,22-23,27-30,44H,6-9,11,13-15,17,19-21,24-26,31-43H2,1-5H3/b12-10+,18-16+,23-22+,29-27+,30-28+/t44-/m1/s1. The Bertz CT molecular complexity index is 1140. The molecule has 0 fully saturated rings. The fourth-order valence-corrected chi connectivity index (χ4v) is 6.25. The third kappa shape index (κ3) is 41.3. The maximum Gasteiger partial charge on any atom is 0.306 e. The minimum atomic E-state index is -4.64. The second-order valence-corrected chi connectivity index (χ2v) is 17.1. The van der Waals surface area contributed by atoms with Crippen molar-refractivity contribution in [2.24, 2.45) is 0 Å². The van der Waals surface area contributed by atoms with Crippen LogP contribution in [-0.4, -0.2) is 70.0 Å². The Kier molecular flexibility index (Phi) is 36.7. The quantitative estimate of drug-likeness (QED) is 0.0198. The monoisotopic (exact) mass is 808 g/mol. The molecule has 0 rings (SSSR count). The van der Waals surface area contributed by atoms with Crippen LogP contribution in [0.5, 0.6) is 0 Å². The van der Waals surface area contributed by atoms with Gasteiger partial charge in [-0.3, -0.25) is 14.2 Å². The van der Waals surface area contributed by atoms with Crippen LogP contribution in [0.1, 0.15) is 168 Å². The average molecular weight is 808 g/mol. The maximum absolute atomic E-state index is 12.7. The highest BCUT2D eigenvalue weighted by molar-refractivity contribution is 7.45. The van der Waals surface area contributed by atoms with Crippen LogP contribution in [0.25, 0.3) is 0 Å². The van der Waals surface area contributed by atoms with Crippen LogP contribution in [0, 0.1) is 0 Å². The van der Waals surface area contributed by atoms with E-state index in [0.717, 1.165) is 64.2 Å². The average Bonchev–Trinajstić information content (AvgIpc) is 3.15. The fourth-order valence-electron chi connectivity index (χ4n) is 5.52. The Balaban J connectivity index is 4.46. The van der Waals surface area contributed by atoms with Gasteiger partial charge in [-0.05, 0) is 77.0 Å². The van der Waals surface area contributed by atoms with Crippen molar-refractivity contribution in [1.29, 1.82) is 0 Å². The summed E-state index contributed by atoms with van der Waals surface area (Å²) in [6.45, 7) is 4.08. The summed E-state index contributed by atoms with van der Waals surface area (Å²) in [5.41, 5.74) is 0. The van der Waals surface area contributed by atoms with Crippen molar-refractivity contribution in [1.82, 2.24) is 0 Å². The number of ether oxygens (including phenoxy) is 2. The molecule has 0 aliphatic carbocycles. The molecule has 0 radical (unpaired) electrons. The Labute approximate surface area is 343 Å². The number of phosphoric ester groups is 1. The molecule has 0 aromatic rings. The molecule has 9 nitrogen and oxygen atoms in total. The summed E-state index contributed by atoms with van der Waals surface area (Å²) in [6, 6.07) is 0. The van der Waals surface area contributed by atoms with Crippen LogP contribution in [-0.2, 0) is 32.7 Å². The van der Waals surface area contributed by atoms with Gasteiger partial charge >= 0.3 is 11.9 Å². The predicted octanol–water partition coefficient (Wildman–Crippen LogP) is 11.8. The summed E-state index contributed by atoms with van der Waals surface area (Å²) < 4.78 is 33.8. The summed E-state index contributed by atoms with van der Waals surface area (Å²) >= 11 is 0. The van der Waals surface area contributed by atoms with Gasteiger partial charge in [-0.25, -0.2) is 0 Å². The molecule has 324 valence electrons. The molecule has 0 spiro atoms. The zero-order valence-corrected chi connectivity index (χ0v) is 37.2. The third-order valence-corrected chi connectivity index (χ3v) is 9.96. The minimum Gasteiger partial charge on any atom is -0.756 e. The summed E-state index contributed by atoms with van der Waals surface area (Å²) in [5, 5.41) is 0. The first-order chi connectivity index (χ1) is 27.0. The van der Waals surface area contributed by atoms with Crippen LogP contribution >= 0.6 is 7.82 Å². The lowest BCUT2D eigenvalue weighted by atomic mass is 10.1. The number of rotatable bonds is 39. The molecular formula is C46H82NO8P. The molecule has 2 atom stereocenters. The van der Waals surface area contributed by atoms with E-state index in [1.165, 1.54) is 64.2 Å². The molecular weight excluding hydrogens is 725 g/mol. The lowest BCUT2D eigenvalue weighted by Gasteiger charge is -2.28. The van der Waals surface area contributed by atoms with E-state index in [0.29, 0.717) is 23.9 Å². The highest BCUT2D eigenvalue weighted by atomic mass is 31.2. The van der Waals surface area contributed by atoms with Gasteiger partial charge in [0.15, 0.2) is 6.10 Å².